The van der Waals surface area contributed by atoms with Crippen molar-refractivity contribution < 1.29 is 32.7 Å². The lowest BCUT2D eigenvalue weighted by atomic mass is 10.1. The molecule has 0 saturated heterocycles. The second-order valence-corrected chi connectivity index (χ2v) is 6.08. The molecule has 0 spiro atoms. The molecule has 0 fully saturated rings. The topological polar surface area (TPSA) is 115 Å². The van der Waals surface area contributed by atoms with Gasteiger partial charge in [-0.25, -0.2) is 4.79 Å². The van der Waals surface area contributed by atoms with E-state index in [1.807, 2.05) is 0 Å². The van der Waals surface area contributed by atoms with Gasteiger partial charge in [-0.05, 0) is 31.2 Å². The van der Waals surface area contributed by atoms with Crippen LogP contribution in [-0.2, 0) is 10.9 Å². The Morgan fingerprint density at radius 3 is 2.63 bits per heavy atom. The van der Waals surface area contributed by atoms with Crippen molar-refractivity contribution in [3.8, 4) is 5.75 Å². The minimum atomic E-state index is -4.60. The molecule has 1 aromatic heterocycles. The Kier molecular flexibility index (Phi) is 5.45. The van der Waals surface area contributed by atoms with Gasteiger partial charge < -0.3 is 15.2 Å². The van der Waals surface area contributed by atoms with E-state index < -0.39 is 28.3 Å². The first-order chi connectivity index (χ1) is 14.1. The molecule has 0 atom stereocenters. The van der Waals surface area contributed by atoms with Crippen LogP contribution in [0.15, 0.2) is 42.6 Å². The summed E-state index contributed by atoms with van der Waals surface area (Å²) in [5, 5.41) is 23.7. The number of rotatable bonds is 5. The third kappa shape index (κ3) is 4.09. The minimum Gasteiger partial charge on any atom is -0.508 e. The number of nitrogens with one attached hydrogen (secondary N) is 1. The summed E-state index contributed by atoms with van der Waals surface area (Å²) >= 11 is 0. The average molecular weight is 421 g/mol. The molecule has 0 unspecified atom stereocenters. The zero-order chi connectivity index (χ0) is 22.1. The van der Waals surface area contributed by atoms with Gasteiger partial charge in [0.05, 0.1) is 34.4 Å². The fourth-order valence-electron chi connectivity index (χ4n) is 2.78. The highest BCUT2D eigenvalue weighted by Crippen LogP contribution is 2.37. The van der Waals surface area contributed by atoms with Crippen LogP contribution in [0.1, 0.15) is 22.8 Å². The van der Waals surface area contributed by atoms with Crippen molar-refractivity contribution in [3.63, 3.8) is 0 Å². The molecule has 0 aliphatic rings. The molecular formula is C19H14F3N3O5. The Labute approximate surface area is 167 Å². The van der Waals surface area contributed by atoms with E-state index in [4.69, 9.17) is 4.74 Å². The number of aromatic hydroxyl groups is 1. The molecule has 11 heteroatoms. The molecule has 2 aromatic carbocycles. The first kappa shape index (κ1) is 20.8. The normalized spacial score (nSPS) is 11.3. The number of aromatic nitrogens is 1. The number of fused-ring (bicyclic) bond motifs is 1. The zero-order valence-corrected chi connectivity index (χ0v) is 15.4. The number of phenolic OH excluding ortho intramolecular Hbond substituents is 1. The van der Waals surface area contributed by atoms with Gasteiger partial charge in [0.15, 0.2) is 0 Å². The number of ether oxygens (including phenoxy) is 1. The Morgan fingerprint density at radius 2 is 2.00 bits per heavy atom. The van der Waals surface area contributed by atoms with Gasteiger partial charge in [-0.3, -0.25) is 15.1 Å². The number of carbonyl (C=O) groups excluding carboxylic acids is 1. The number of benzene rings is 2. The number of carbonyl (C=O) groups is 1. The van der Waals surface area contributed by atoms with Crippen LogP contribution in [0.2, 0.25) is 0 Å². The van der Waals surface area contributed by atoms with E-state index in [0.29, 0.717) is 0 Å². The first-order valence-corrected chi connectivity index (χ1v) is 8.53. The Balaban J connectivity index is 2.23. The standard InChI is InChI=1S/C19H14F3N3O5/c1-2-30-18(27)13-9-23-15-7-10(19(20,21)22)3-5-12(15)17(13)24-14-6-4-11(26)8-16(14)25(28)29/h3-9,26H,2H2,1H3,(H,23,24). The summed E-state index contributed by atoms with van der Waals surface area (Å²) in [4.78, 5) is 26.8. The lowest BCUT2D eigenvalue weighted by Gasteiger charge is -2.15. The van der Waals surface area contributed by atoms with Gasteiger partial charge in [0.2, 0.25) is 0 Å². The maximum atomic E-state index is 13.0. The SMILES string of the molecule is CCOC(=O)c1cnc2cc(C(F)(F)F)ccc2c1Nc1ccc(O)cc1[N+](=O)[O-]. The Bertz CT molecular complexity index is 1150. The van der Waals surface area contributed by atoms with Gasteiger partial charge in [-0.2, -0.15) is 13.2 Å². The van der Waals surface area contributed by atoms with Gasteiger partial charge in [-0.15, -0.1) is 0 Å². The maximum Gasteiger partial charge on any atom is 0.416 e. The largest absolute Gasteiger partial charge is 0.508 e. The number of halogens is 3. The molecule has 0 saturated carbocycles. The number of phenols is 1. The maximum absolute atomic E-state index is 13.0. The van der Waals surface area contributed by atoms with Crippen LogP contribution in [-0.4, -0.2) is 27.6 Å². The van der Waals surface area contributed by atoms with E-state index in [1.165, 1.54) is 12.1 Å². The van der Waals surface area contributed by atoms with E-state index in [2.05, 4.69) is 10.3 Å². The lowest BCUT2D eigenvalue weighted by Crippen LogP contribution is -2.10. The lowest BCUT2D eigenvalue weighted by molar-refractivity contribution is -0.384. The molecule has 0 aliphatic carbocycles. The molecule has 156 valence electrons. The third-order valence-corrected chi connectivity index (χ3v) is 4.13. The number of hydrogen-bond donors (Lipinski definition) is 2. The van der Waals surface area contributed by atoms with Crippen molar-refractivity contribution in [1.82, 2.24) is 4.98 Å². The Morgan fingerprint density at radius 1 is 1.27 bits per heavy atom. The van der Waals surface area contributed by atoms with Gasteiger partial charge >= 0.3 is 12.1 Å². The van der Waals surface area contributed by atoms with E-state index in [0.717, 1.165) is 30.5 Å². The first-order valence-electron chi connectivity index (χ1n) is 8.53. The summed E-state index contributed by atoms with van der Waals surface area (Å²) < 4.78 is 44.1. The predicted molar refractivity (Wildman–Crippen MR) is 101 cm³/mol. The van der Waals surface area contributed by atoms with Crippen LogP contribution in [0, 0.1) is 10.1 Å². The molecule has 0 amide bonds. The molecule has 0 radical (unpaired) electrons. The number of anilines is 2. The fraction of sp³-hybridized carbons (Fsp3) is 0.158. The molecule has 8 nitrogen and oxygen atoms in total. The average Bonchev–Trinajstić information content (AvgIpc) is 2.68. The fourth-order valence-corrected chi connectivity index (χ4v) is 2.78. The molecule has 3 aromatic rings. The zero-order valence-electron chi connectivity index (χ0n) is 15.4. The van der Waals surface area contributed by atoms with E-state index in [-0.39, 0.29) is 40.2 Å². The third-order valence-electron chi connectivity index (χ3n) is 4.13. The minimum absolute atomic E-state index is 0.0130. The van der Waals surface area contributed by atoms with Crippen molar-refractivity contribution in [3.05, 3.63) is 63.8 Å². The van der Waals surface area contributed by atoms with Crippen molar-refractivity contribution in [2.75, 3.05) is 11.9 Å². The predicted octanol–water partition coefficient (Wildman–Crippen LogP) is 4.79. The van der Waals surface area contributed by atoms with E-state index in [9.17, 15) is 33.2 Å². The molecule has 1 heterocycles. The summed E-state index contributed by atoms with van der Waals surface area (Å²) in [6, 6.07) is 6.03. The highest BCUT2D eigenvalue weighted by Gasteiger charge is 2.31. The van der Waals surface area contributed by atoms with Crippen molar-refractivity contribution in [1.29, 1.82) is 0 Å². The van der Waals surface area contributed by atoms with E-state index in [1.54, 1.807) is 6.92 Å². The molecule has 3 rings (SSSR count). The van der Waals surface area contributed by atoms with Crippen LogP contribution in [0.5, 0.6) is 5.75 Å². The number of nitrogens with zero attached hydrogens (tertiary/aromatic N) is 2. The summed E-state index contributed by atoms with van der Waals surface area (Å²) in [5.74, 6) is -1.16. The summed E-state index contributed by atoms with van der Waals surface area (Å²) in [7, 11) is 0. The van der Waals surface area contributed by atoms with Crippen molar-refractivity contribution >= 4 is 33.9 Å². The smallest absolute Gasteiger partial charge is 0.416 e. The number of esters is 1. The van der Waals surface area contributed by atoms with E-state index >= 15 is 0 Å². The summed E-state index contributed by atoms with van der Waals surface area (Å²) in [6.07, 6.45) is -3.56. The molecule has 30 heavy (non-hydrogen) atoms. The molecule has 0 aliphatic heterocycles. The monoisotopic (exact) mass is 421 g/mol. The van der Waals surface area contributed by atoms with Crippen LogP contribution in [0.3, 0.4) is 0 Å². The van der Waals surface area contributed by atoms with Crippen LogP contribution >= 0.6 is 0 Å². The van der Waals surface area contributed by atoms with Crippen LogP contribution in [0.4, 0.5) is 30.2 Å². The number of nitro benzene ring substituents is 1. The Hall–Kier alpha value is -3.89. The van der Waals surface area contributed by atoms with Crippen LogP contribution < -0.4 is 5.32 Å². The van der Waals surface area contributed by atoms with Crippen molar-refractivity contribution in [2.45, 2.75) is 13.1 Å². The van der Waals surface area contributed by atoms with Crippen molar-refractivity contribution in [2.24, 2.45) is 0 Å². The second-order valence-electron chi connectivity index (χ2n) is 6.08. The number of pyridine rings is 1. The van der Waals surface area contributed by atoms with Gasteiger partial charge in [0.1, 0.15) is 17.0 Å². The number of nitro groups is 1. The molecule has 0 bridgehead atoms. The van der Waals surface area contributed by atoms with Gasteiger partial charge in [-0.1, -0.05) is 6.07 Å². The number of alkyl halides is 3. The summed E-state index contributed by atoms with van der Waals surface area (Å²) in [6.45, 7) is 1.60. The van der Waals surface area contributed by atoms with Gasteiger partial charge in [0.25, 0.3) is 5.69 Å². The summed E-state index contributed by atoms with van der Waals surface area (Å²) in [5.41, 5.74) is -1.74. The molecule has 2 N–H and O–H groups in total. The highest BCUT2D eigenvalue weighted by atomic mass is 19.4. The van der Waals surface area contributed by atoms with Crippen LogP contribution in [0.25, 0.3) is 10.9 Å². The number of hydrogen-bond acceptors (Lipinski definition) is 7. The molecular weight excluding hydrogens is 407 g/mol. The van der Waals surface area contributed by atoms with Gasteiger partial charge in [0, 0.05) is 11.6 Å². The highest BCUT2D eigenvalue weighted by molar-refractivity contribution is 6.06. The second kappa shape index (κ2) is 7.85. The quantitative estimate of drug-likeness (QED) is 0.263.